The number of carboxylic acid groups (broad SMARTS) is 1. The molecule has 0 radical (unpaired) electrons. The smallest absolute Gasteiger partial charge is 0.306 e. The molecule has 0 unspecified atom stereocenters. The molecule has 178 valence electrons. The standard InChI is InChI=1S/C26H44O5/c1-5-15(24(30)31)10-14(2)18-6-7-19-23-20(13-22(29)26(18,19)4)25(3)9-8-17(27)11-16(25)12-21(23)28/h14-23,27-29H,5-13H2,1-4H3,(H,30,31)/t14-,15+,16+,17-,18-,19+,20+,21-,22+,23+,25+,26-/m1/s1. The van der Waals surface area contributed by atoms with Crippen LogP contribution in [0.2, 0.25) is 0 Å². The molecule has 0 aromatic rings. The molecule has 4 rings (SSSR count). The van der Waals surface area contributed by atoms with Crippen LogP contribution < -0.4 is 0 Å². The molecule has 12 atom stereocenters. The fourth-order valence-electron chi connectivity index (χ4n) is 9.19. The molecule has 0 amide bonds. The third-order valence-corrected chi connectivity index (χ3v) is 11.0. The molecular weight excluding hydrogens is 392 g/mol. The number of aliphatic hydroxyl groups excluding tert-OH is 3. The molecule has 0 bridgehead atoms. The monoisotopic (exact) mass is 436 g/mol. The lowest BCUT2D eigenvalue weighted by molar-refractivity contribution is -0.207. The van der Waals surface area contributed by atoms with Crippen molar-refractivity contribution in [1.29, 1.82) is 0 Å². The maximum Gasteiger partial charge on any atom is 0.306 e. The van der Waals surface area contributed by atoms with Crippen molar-refractivity contribution in [2.75, 3.05) is 0 Å². The first-order valence-electron chi connectivity index (χ1n) is 12.8. The number of fused-ring (bicyclic) bond motifs is 5. The quantitative estimate of drug-likeness (QED) is 0.520. The minimum atomic E-state index is -0.709. The van der Waals surface area contributed by atoms with Gasteiger partial charge in [-0.05, 0) is 104 Å². The van der Waals surface area contributed by atoms with Gasteiger partial charge in [0.15, 0.2) is 0 Å². The lowest BCUT2D eigenvalue weighted by Crippen LogP contribution is -2.62. The predicted molar refractivity (Wildman–Crippen MR) is 119 cm³/mol. The Balaban J connectivity index is 1.60. The first-order valence-corrected chi connectivity index (χ1v) is 12.8. The van der Waals surface area contributed by atoms with Gasteiger partial charge < -0.3 is 20.4 Å². The van der Waals surface area contributed by atoms with Crippen LogP contribution in [0, 0.1) is 52.3 Å². The minimum Gasteiger partial charge on any atom is -0.481 e. The van der Waals surface area contributed by atoms with E-state index in [4.69, 9.17) is 0 Å². The molecule has 0 saturated heterocycles. The molecule has 4 fully saturated rings. The Labute approximate surface area is 187 Å². The second-order valence-electron chi connectivity index (χ2n) is 12.2. The van der Waals surface area contributed by atoms with Gasteiger partial charge in [-0.15, -0.1) is 0 Å². The van der Waals surface area contributed by atoms with E-state index in [0.29, 0.717) is 36.5 Å². The number of carboxylic acids is 1. The molecule has 4 saturated carbocycles. The molecule has 4 aliphatic rings. The van der Waals surface area contributed by atoms with Crippen LogP contribution in [0.15, 0.2) is 0 Å². The third-order valence-electron chi connectivity index (χ3n) is 11.0. The summed E-state index contributed by atoms with van der Waals surface area (Å²) in [7, 11) is 0. The third kappa shape index (κ3) is 3.58. The highest BCUT2D eigenvalue weighted by Gasteiger charge is 2.65. The first kappa shape index (κ1) is 23.5. The Bertz CT molecular complexity index is 681. The zero-order valence-electron chi connectivity index (χ0n) is 19.8. The van der Waals surface area contributed by atoms with Crippen LogP contribution in [0.4, 0.5) is 0 Å². The number of aliphatic carboxylic acids is 1. The summed E-state index contributed by atoms with van der Waals surface area (Å²) in [5, 5.41) is 42.7. The van der Waals surface area contributed by atoms with E-state index in [9.17, 15) is 25.2 Å². The van der Waals surface area contributed by atoms with Crippen molar-refractivity contribution in [3.8, 4) is 0 Å². The zero-order chi connectivity index (χ0) is 22.7. The first-order chi connectivity index (χ1) is 14.5. The van der Waals surface area contributed by atoms with E-state index in [1.165, 1.54) is 0 Å². The lowest BCUT2D eigenvalue weighted by Gasteiger charge is -2.63. The van der Waals surface area contributed by atoms with Gasteiger partial charge in [0.25, 0.3) is 0 Å². The van der Waals surface area contributed by atoms with Gasteiger partial charge in [0.05, 0.1) is 24.2 Å². The summed E-state index contributed by atoms with van der Waals surface area (Å²) in [4.78, 5) is 11.6. The van der Waals surface area contributed by atoms with Gasteiger partial charge in [-0.2, -0.15) is 0 Å². The molecule has 0 spiro atoms. The van der Waals surface area contributed by atoms with Crippen molar-refractivity contribution in [1.82, 2.24) is 0 Å². The summed E-state index contributed by atoms with van der Waals surface area (Å²) >= 11 is 0. The van der Waals surface area contributed by atoms with Crippen molar-refractivity contribution in [3.63, 3.8) is 0 Å². The Hall–Kier alpha value is -0.650. The van der Waals surface area contributed by atoms with Gasteiger partial charge in [-0.3, -0.25) is 4.79 Å². The van der Waals surface area contributed by atoms with Gasteiger partial charge in [0.2, 0.25) is 0 Å². The second kappa shape index (κ2) is 8.29. The lowest BCUT2D eigenvalue weighted by atomic mass is 9.43. The minimum absolute atomic E-state index is 0.0890. The molecule has 5 nitrogen and oxygen atoms in total. The number of hydrogen-bond donors (Lipinski definition) is 4. The van der Waals surface area contributed by atoms with E-state index in [2.05, 4.69) is 20.8 Å². The van der Waals surface area contributed by atoms with Gasteiger partial charge >= 0.3 is 5.97 Å². The summed E-state index contributed by atoms with van der Waals surface area (Å²) in [6.07, 6.45) is 6.43. The van der Waals surface area contributed by atoms with Gasteiger partial charge in [-0.25, -0.2) is 0 Å². The Morgan fingerprint density at radius 2 is 1.74 bits per heavy atom. The normalized spacial score (nSPS) is 51.3. The van der Waals surface area contributed by atoms with Crippen LogP contribution in [0.5, 0.6) is 0 Å². The van der Waals surface area contributed by atoms with Crippen LogP contribution in [-0.2, 0) is 4.79 Å². The molecule has 0 heterocycles. The summed E-state index contributed by atoms with van der Waals surface area (Å²) < 4.78 is 0. The van der Waals surface area contributed by atoms with Crippen molar-refractivity contribution >= 4 is 5.97 Å². The predicted octanol–water partition coefficient (Wildman–Crippen LogP) is 4.08. The molecule has 4 aliphatic carbocycles. The van der Waals surface area contributed by atoms with Crippen molar-refractivity contribution in [3.05, 3.63) is 0 Å². The summed E-state index contributed by atoms with van der Waals surface area (Å²) in [5.74, 6) is 0.657. The Morgan fingerprint density at radius 3 is 2.39 bits per heavy atom. The fraction of sp³-hybridized carbons (Fsp3) is 0.962. The number of carbonyl (C=O) groups is 1. The van der Waals surface area contributed by atoms with Crippen LogP contribution >= 0.6 is 0 Å². The Kier molecular flexibility index (Phi) is 6.28. The summed E-state index contributed by atoms with van der Waals surface area (Å²) in [6, 6.07) is 0. The maximum absolute atomic E-state index is 11.6. The largest absolute Gasteiger partial charge is 0.481 e. The van der Waals surface area contributed by atoms with Crippen molar-refractivity contribution in [2.24, 2.45) is 52.3 Å². The van der Waals surface area contributed by atoms with E-state index >= 15 is 0 Å². The van der Waals surface area contributed by atoms with Crippen molar-refractivity contribution < 1.29 is 25.2 Å². The van der Waals surface area contributed by atoms with E-state index in [-0.39, 0.29) is 40.8 Å². The molecule has 31 heavy (non-hydrogen) atoms. The van der Waals surface area contributed by atoms with E-state index in [1.54, 1.807) is 0 Å². The molecule has 4 N–H and O–H groups in total. The van der Waals surface area contributed by atoms with E-state index in [1.807, 2.05) is 6.92 Å². The summed E-state index contributed by atoms with van der Waals surface area (Å²) in [6.45, 7) is 8.72. The fourth-order valence-corrected chi connectivity index (χ4v) is 9.19. The topological polar surface area (TPSA) is 98.0 Å². The number of rotatable bonds is 5. The van der Waals surface area contributed by atoms with E-state index < -0.39 is 12.1 Å². The molecule has 5 heteroatoms. The van der Waals surface area contributed by atoms with Gasteiger partial charge in [0.1, 0.15) is 0 Å². The average molecular weight is 437 g/mol. The second-order valence-corrected chi connectivity index (χ2v) is 12.2. The highest BCUT2D eigenvalue weighted by Crippen LogP contribution is 2.68. The Morgan fingerprint density at radius 1 is 1.03 bits per heavy atom. The van der Waals surface area contributed by atoms with Gasteiger partial charge in [0, 0.05) is 0 Å². The average Bonchev–Trinajstić information content (AvgIpc) is 3.06. The number of aliphatic hydroxyl groups is 3. The SMILES string of the molecule is CC[C@@H](C[C@@H](C)[C@H]1CC[C@H]2[C@@H]3[C@H](O)C[C@@H]4C[C@H](O)CC[C@]4(C)[C@H]3C[C@H](O)[C@]12C)C(=O)O. The van der Waals surface area contributed by atoms with Crippen LogP contribution in [0.25, 0.3) is 0 Å². The number of hydrogen-bond acceptors (Lipinski definition) is 4. The van der Waals surface area contributed by atoms with Crippen molar-refractivity contribution in [2.45, 2.75) is 104 Å². The van der Waals surface area contributed by atoms with Crippen LogP contribution in [0.1, 0.15) is 85.5 Å². The highest BCUT2D eigenvalue weighted by atomic mass is 16.4. The molecule has 0 aromatic carbocycles. The summed E-state index contributed by atoms with van der Waals surface area (Å²) in [5.41, 5.74) is -0.165. The molecule has 0 aliphatic heterocycles. The van der Waals surface area contributed by atoms with Crippen LogP contribution in [-0.4, -0.2) is 44.7 Å². The zero-order valence-corrected chi connectivity index (χ0v) is 19.8. The van der Waals surface area contributed by atoms with E-state index in [0.717, 1.165) is 44.9 Å². The van der Waals surface area contributed by atoms with Gasteiger partial charge in [-0.1, -0.05) is 27.7 Å². The highest BCUT2D eigenvalue weighted by molar-refractivity contribution is 5.69. The molecular formula is C26H44O5. The van der Waals surface area contributed by atoms with Crippen LogP contribution in [0.3, 0.4) is 0 Å². The maximum atomic E-state index is 11.6. The molecule has 0 aromatic heterocycles.